The molecule has 2 aromatic rings. The number of rotatable bonds is 5. The first-order valence-electron chi connectivity index (χ1n) is 6.75. The fourth-order valence-electron chi connectivity index (χ4n) is 2.35. The van der Waals surface area contributed by atoms with Gasteiger partial charge in [-0.1, -0.05) is 38.3 Å². The fraction of sp³-hybridized carbons (Fsp3) is 0.438. The number of carbonyl (C=O) groups excluding carboxylic acids is 1. The summed E-state index contributed by atoms with van der Waals surface area (Å²) in [6.07, 6.45) is 5.10. The van der Waals surface area contributed by atoms with E-state index in [0.717, 1.165) is 35.7 Å². The molecule has 0 amide bonds. The van der Waals surface area contributed by atoms with E-state index in [-0.39, 0.29) is 11.7 Å². The number of aromatic amines is 1. The van der Waals surface area contributed by atoms with Crippen LogP contribution in [0.2, 0.25) is 0 Å². The first-order chi connectivity index (χ1) is 8.63. The molecule has 1 unspecified atom stereocenters. The highest BCUT2D eigenvalue weighted by Crippen LogP contribution is 2.23. The smallest absolute Gasteiger partial charge is 0.167 e. The number of hydrogen-bond donors (Lipinski definition) is 1. The molecule has 1 N–H and O–H groups in total. The van der Waals surface area contributed by atoms with Crippen molar-refractivity contribution in [1.82, 2.24) is 4.98 Å². The number of unbranched alkanes of at least 4 members (excludes halogenated alkanes) is 1. The molecule has 1 aromatic heterocycles. The van der Waals surface area contributed by atoms with Crippen LogP contribution < -0.4 is 0 Å². The number of carbonyl (C=O) groups is 1. The molecule has 0 aliphatic carbocycles. The summed E-state index contributed by atoms with van der Waals surface area (Å²) in [5.74, 6) is 0.379. The van der Waals surface area contributed by atoms with E-state index in [4.69, 9.17) is 0 Å². The zero-order valence-corrected chi connectivity index (χ0v) is 11.4. The summed E-state index contributed by atoms with van der Waals surface area (Å²) in [5, 5.41) is 1.06. The molecule has 1 atom stereocenters. The van der Waals surface area contributed by atoms with Gasteiger partial charge < -0.3 is 4.98 Å². The first kappa shape index (κ1) is 12.9. The third-order valence-electron chi connectivity index (χ3n) is 3.54. The van der Waals surface area contributed by atoms with Crippen LogP contribution in [0.5, 0.6) is 0 Å². The van der Waals surface area contributed by atoms with Crippen molar-refractivity contribution in [3.05, 3.63) is 35.5 Å². The summed E-state index contributed by atoms with van der Waals surface area (Å²) in [7, 11) is 0. The molecule has 0 radical (unpaired) electrons. The Morgan fingerprint density at radius 1 is 1.39 bits per heavy atom. The fourth-order valence-corrected chi connectivity index (χ4v) is 2.35. The molecule has 0 bridgehead atoms. The Bertz CT molecular complexity index is 553. The number of benzene rings is 1. The highest BCUT2D eigenvalue weighted by molar-refractivity contribution is 6.08. The van der Waals surface area contributed by atoms with Crippen LogP contribution in [0, 0.1) is 12.8 Å². The Hall–Kier alpha value is -1.57. The molecule has 96 valence electrons. The molecule has 0 saturated heterocycles. The van der Waals surface area contributed by atoms with Crippen molar-refractivity contribution in [1.29, 1.82) is 0 Å². The Kier molecular flexibility index (Phi) is 3.85. The van der Waals surface area contributed by atoms with Gasteiger partial charge in [0, 0.05) is 28.6 Å². The number of H-pyrrole nitrogens is 1. The topological polar surface area (TPSA) is 32.9 Å². The summed E-state index contributed by atoms with van der Waals surface area (Å²) in [6.45, 7) is 6.25. The van der Waals surface area contributed by atoms with Gasteiger partial charge in [-0.25, -0.2) is 0 Å². The van der Waals surface area contributed by atoms with E-state index in [1.807, 2.05) is 19.2 Å². The van der Waals surface area contributed by atoms with E-state index in [9.17, 15) is 4.79 Å². The lowest BCUT2D eigenvalue weighted by Gasteiger charge is -2.08. The maximum Gasteiger partial charge on any atom is 0.167 e. The average molecular weight is 243 g/mol. The second-order valence-corrected chi connectivity index (χ2v) is 5.16. The van der Waals surface area contributed by atoms with Crippen molar-refractivity contribution in [2.24, 2.45) is 5.92 Å². The van der Waals surface area contributed by atoms with Gasteiger partial charge >= 0.3 is 0 Å². The predicted molar refractivity (Wildman–Crippen MR) is 76.1 cm³/mol. The highest BCUT2D eigenvalue weighted by Gasteiger charge is 2.18. The number of aromatic nitrogens is 1. The number of aryl methyl sites for hydroxylation is 1. The van der Waals surface area contributed by atoms with E-state index >= 15 is 0 Å². The maximum atomic E-state index is 12.4. The predicted octanol–water partition coefficient (Wildman–Crippen LogP) is 4.49. The summed E-state index contributed by atoms with van der Waals surface area (Å²) in [4.78, 5) is 15.6. The monoisotopic (exact) mass is 243 g/mol. The average Bonchev–Trinajstić information content (AvgIpc) is 2.77. The minimum Gasteiger partial charge on any atom is -0.360 e. The van der Waals surface area contributed by atoms with Gasteiger partial charge in [-0.3, -0.25) is 4.79 Å². The van der Waals surface area contributed by atoms with Crippen molar-refractivity contribution in [2.75, 3.05) is 0 Å². The van der Waals surface area contributed by atoms with E-state index < -0.39 is 0 Å². The number of Topliss-reactive ketones (excluding diaryl/α,β-unsaturated/α-hetero) is 1. The van der Waals surface area contributed by atoms with Crippen LogP contribution in [-0.4, -0.2) is 10.8 Å². The number of fused-ring (bicyclic) bond motifs is 1. The standard InChI is InChI=1S/C16H21NO/c1-4-5-6-12(3)16(18)14-10-17-15-8-7-11(2)9-13(14)15/h7-10,12,17H,4-6H2,1-3H3. The van der Waals surface area contributed by atoms with Crippen LogP contribution in [-0.2, 0) is 0 Å². The maximum absolute atomic E-state index is 12.4. The lowest BCUT2D eigenvalue weighted by Crippen LogP contribution is -2.10. The third kappa shape index (κ3) is 2.47. The summed E-state index contributed by atoms with van der Waals surface area (Å²) in [5.41, 5.74) is 3.08. The molecule has 2 nitrogen and oxygen atoms in total. The Balaban J connectivity index is 2.30. The van der Waals surface area contributed by atoms with E-state index in [0.29, 0.717) is 0 Å². The van der Waals surface area contributed by atoms with Crippen molar-refractivity contribution in [2.45, 2.75) is 40.0 Å². The number of hydrogen-bond acceptors (Lipinski definition) is 1. The summed E-state index contributed by atoms with van der Waals surface area (Å²) < 4.78 is 0. The van der Waals surface area contributed by atoms with Crippen molar-refractivity contribution >= 4 is 16.7 Å². The van der Waals surface area contributed by atoms with E-state index in [1.165, 1.54) is 5.56 Å². The van der Waals surface area contributed by atoms with E-state index in [2.05, 4.69) is 31.0 Å². The molecular formula is C16H21NO. The Morgan fingerprint density at radius 3 is 2.89 bits per heavy atom. The van der Waals surface area contributed by atoms with Crippen molar-refractivity contribution in [3.8, 4) is 0 Å². The first-order valence-corrected chi connectivity index (χ1v) is 6.75. The molecule has 2 rings (SSSR count). The Morgan fingerprint density at radius 2 is 2.17 bits per heavy atom. The minimum atomic E-state index is 0.115. The van der Waals surface area contributed by atoms with Gasteiger partial charge in [-0.2, -0.15) is 0 Å². The van der Waals surface area contributed by atoms with Crippen LogP contribution in [0.15, 0.2) is 24.4 Å². The van der Waals surface area contributed by atoms with Gasteiger partial charge in [0.1, 0.15) is 0 Å². The van der Waals surface area contributed by atoms with Gasteiger partial charge in [0.2, 0.25) is 0 Å². The number of nitrogens with one attached hydrogen (secondary N) is 1. The van der Waals surface area contributed by atoms with Crippen LogP contribution in [0.3, 0.4) is 0 Å². The van der Waals surface area contributed by atoms with Gasteiger partial charge in [-0.15, -0.1) is 0 Å². The SMILES string of the molecule is CCCCC(C)C(=O)c1c[nH]c2ccc(C)cc12. The van der Waals surface area contributed by atoms with Crippen LogP contribution in [0.1, 0.15) is 49.0 Å². The molecule has 1 aromatic carbocycles. The molecule has 2 heteroatoms. The summed E-state index contributed by atoms with van der Waals surface area (Å²) >= 11 is 0. The van der Waals surface area contributed by atoms with Crippen LogP contribution >= 0.6 is 0 Å². The molecule has 0 fully saturated rings. The lowest BCUT2D eigenvalue weighted by atomic mass is 9.94. The van der Waals surface area contributed by atoms with E-state index in [1.54, 1.807) is 0 Å². The minimum absolute atomic E-state index is 0.115. The quantitative estimate of drug-likeness (QED) is 0.771. The van der Waals surface area contributed by atoms with Gasteiger partial charge in [-0.05, 0) is 25.5 Å². The zero-order valence-electron chi connectivity index (χ0n) is 11.4. The van der Waals surface area contributed by atoms with Crippen molar-refractivity contribution < 1.29 is 4.79 Å². The summed E-state index contributed by atoms with van der Waals surface area (Å²) in [6, 6.07) is 6.19. The third-order valence-corrected chi connectivity index (χ3v) is 3.54. The highest BCUT2D eigenvalue weighted by atomic mass is 16.1. The molecule has 0 aliphatic heterocycles. The molecule has 18 heavy (non-hydrogen) atoms. The van der Waals surface area contributed by atoms with Crippen LogP contribution in [0.25, 0.3) is 10.9 Å². The van der Waals surface area contributed by atoms with Gasteiger partial charge in [0.15, 0.2) is 5.78 Å². The molecular weight excluding hydrogens is 222 g/mol. The van der Waals surface area contributed by atoms with Crippen molar-refractivity contribution in [3.63, 3.8) is 0 Å². The Labute approximate surface area is 108 Å². The largest absolute Gasteiger partial charge is 0.360 e. The molecule has 1 heterocycles. The van der Waals surface area contributed by atoms with Crippen LogP contribution in [0.4, 0.5) is 0 Å². The van der Waals surface area contributed by atoms with Gasteiger partial charge in [0.05, 0.1) is 0 Å². The zero-order chi connectivity index (χ0) is 13.1. The normalized spacial score (nSPS) is 12.8. The number of ketones is 1. The molecule has 0 spiro atoms. The molecule has 0 saturated carbocycles. The second kappa shape index (κ2) is 5.38. The molecule has 0 aliphatic rings. The second-order valence-electron chi connectivity index (χ2n) is 5.16. The lowest BCUT2D eigenvalue weighted by molar-refractivity contribution is 0.0924. The van der Waals surface area contributed by atoms with Gasteiger partial charge in [0.25, 0.3) is 0 Å².